The third-order valence-corrected chi connectivity index (χ3v) is 0.738. The van der Waals surface area contributed by atoms with E-state index in [2.05, 4.69) is 5.73 Å². The fourth-order valence-corrected chi connectivity index (χ4v) is 0.304. The fraction of sp³-hybridized carbons (Fsp3) is 0.600. The van der Waals surface area contributed by atoms with Crippen LogP contribution in [0.2, 0.25) is 0 Å². The lowest BCUT2D eigenvalue weighted by molar-refractivity contribution is -0.140. The predicted molar refractivity (Wildman–Crippen MR) is 36.2 cm³/mol. The summed E-state index contributed by atoms with van der Waals surface area (Å²) in [6.45, 7) is 0. The Labute approximate surface area is 59.0 Å². The monoisotopic (exact) mass is 148 g/mol. The molecule has 0 fully saturated rings. The number of carbonyl (C=O) groups excluding carboxylic acids is 1. The quantitative estimate of drug-likeness (QED) is 0.472. The summed E-state index contributed by atoms with van der Waals surface area (Å²) in [5, 5.41) is 8.10. The summed E-state index contributed by atoms with van der Waals surface area (Å²) in [7, 11) is 0. The Kier molecular flexibility index (Phi) is 5.54. The SMILES string of the molecule is C.NC(=O)CC(N)C(=O)O. The number of hydrogen-bond donors (Lipinski definition) is 3. The molecule has 5 nitrogen and oxygen atoms in total. The van der Waals surface area contributed by atoms with Gasteiger partial charge in [0.2, 0.25) is 5.91 Å². The number of carboxylic acid groups (broad SMARTS) is 1. The number of aliphatic carboxylic acids is 1. The average molecular weight is 148 g/mol. The molecule has 0 aliphatic rings. The van der Waals surface area contributed by atoms with Crippen molar-refractivity contribution in [3.8, 4) is 0 Å². The summed E-state index contributed by atoms with van der Waals surface area (Å²) in [4.78, 5) is 19.9. The molecular formula is C5H12N2O3. The highest BCUT2D eigenvalue weighted by atomic mass is 16.4. The third kappa shape index (κ3) is 5.04. The van der Waals surface area contributed by atoms with Crippen LogP contribution in [0.3, 0.4) is 0 Å². The Morgan fingerprint density at radius 1 is 1.50 bits per heavy atom. The van der Waals surface area contributed by atoms with Gasteiger partial charge in [-0.15, -0.1) is 0 Å². The molecule has 0 saturated heterocycles. The fourth-order valence-electron chi connectivity index (χ4n) is 0.304. The first-order valence-corrected chi connectivity index (χ1v) is 2.30. The van der Waals surface area contributed by atoms with E-state index in [0.29, 0.717) is 0 Å². The molecule has 0 spiro atoms. The first kappa shape index (κ1) is 11.7. The van der Waals surface area contributed by atoms with Gasteiger partial charge in [0.25, 0.3) is 0 Å². The summed E-state index contributed by atoms with van der Waals surface area (Å²) in [6.07, 6.45) is -0.310. The molecule has 1 unspecified atom stereocenters. The van der Waals surface area contributed by atoms with Gasteiger partial charge in [0.05, 0.1) is 6.42 Å². The highest BCUT2D eigenvalue weighted by Crippen LogP contribution is 1.84. The van der Waals surface area contributed by atoms with Gasteiger partial charge in [-0.3, -0.25) is 9.59 Å². The molecule has 1 amide bonds. The van der Waals surface area contributed by atoms with Crippen LogP contribution in [-0.4, -0.2) is 23.0 Å². The van der Waals surface area contributed by atoms with Crippen molar-refractivity contribution < 1.29 is 14.7 Å². The number of primary amides is 1. The van der Waals surface area contributed by atoms with Gasteiger partial charge >= 0.3 is 5.97 Å². The van der Waals surface area contributed by atoms with Gasteiger partial charge in [-0.1, -0.05) is 7.43 Å². The summed E-state index contributed by atoms with van der Waals surface area (Å²) < 4.78 is 0. The molecule has 0 bridgehead atoms. The topological polar surface area (TPSA) is 106 Å². The van der Waals surface area contributed by atoms with E-state index in [-0.39, 0.29) is 13.8 Å². The molecule has 0 radical (unpaired) electrons. The molecule has 0 saturated carbocycles. The zero-order valence-electron chi connectivity index (χ0n) is 4.70. The Bertz CT molecular complexity index is 135. The largest absolute Gasteiger partial charge is 0.480 e. The second kappa shape index (κ2) is 4.75. The van der Waals surface area contributed by atoms with E-state index in [1.807, 2.05) is 0 Å². The van der Waals surface area contributed by atoms with Crippen LogP contribution in [0, 0.1) is 0 Å². The summed E-state index contributed by atoms with van der Waals surface area (Å²) in [5.41, 5.74) is 9.57. The summed E-state index contributed by atoms with van der Waals surface area (Å²) in [5.74, 6) is -1.92. The van der Waals surface area contributed by atoms with Gasteiger partial charge in [-0.05, 0) is 0 Å². The molecule has 0 rings (SSSR count). The number of amides is 1. The Morgan fingerprint density at radius 2 is 1.90 bits per heavy atom. The van der Waals surface area contributed by atoms with Crippen molar-refractivity contribution in [1.82, 2.24) is 0 Å². The van der Waals surface area contributed by atoms with E-state index < -0.39 is 17.9 Å². The molecule has 0 heterocycles. The maximum Gasteiger partial charge on any atom is 0.321 e. The molecule has 5 heteroatoms. The van der Waals surface area contributed by atoms with E-state index in [0.717, 1.165) is 0 Å². The number of carbonyl (C=O) groups is 2. The van der Waals surface area contributed by atoms with Gasteiger partial charge in [-0.2, -0.15) is 0 Å². The van der Waals surface area contributed by atoms with Crippen molar-refractivity contribution in [3.05, 3.63) is 0 Å². The average Bonchev–Trinajstić information content (AvgIpc) is 1.63. The molecule has 0 aromatic heterocycles. The van der Waals surface area contributed by atoms with Crippen LogP contribution in [0.1, 0.15) is 13.8 Å². The lowest BCUT2D eigenvalue weighted by atomic mass is 10.2. The minimum atomic E-state index is -1.21. The summed E-state index contributed by atoms with van der Waals surface area (Å²) >= 11 is 0. The highest BCUT2D eigenvalue weighted by molar-refractivity contribution is 5.82. The standard InChI is InChI=1S/C4H8N2O3.CH4/c5-2(4(8)9)1-3(6)7;/h2H,1,5H2,(H2,6,7)(H,8,9);1H4. The van der Waals surface area contributed by atoms with Crippen LogP contribution in [-0.2, 0) is 9.59 Å². The lowest BCUT2D eigenvalue weighted by Gasteiger charge is -1.99. The molecule has 0 aliphatic carbocycles. The van der Waals surface area contributed by atoms with E-state index in [1.165, 1.54) is 0 Å². The first-order chi connectivity index (χ1) is 4.04. The van der Waals surface area contributed by atoms with E-state index in [1.54, 1.807) is 0 Å². The van der Waals surface area contributed by atoms with Gasteiger partial charge in [0.1, 0.15) is 6.04 Å². The second-order valence-electron chi connectivity index (χ2n) is 1.62. The number of nitrogens with two attached hydrogens (primary N) is 2. The van der Waals surface area contributed by atoms with Gasteiger partial charge in [0, 0.05) is 0 Å². The second-order valence-corrected chi connectivity index (χ2v) is 1.62. The zero-order valence-corrected chi connectivity index (χ0v) is 4.70. The first-order valence-electron chi connectivity index (χ1n) is 2.30. The normalized spacial score (nSPS) is 11.3. The zero-order chi connectivity index (χ0) is 7.44. The predicted octanol–water partition coefficient (Wildman–Crippen LogP) is -1.09. The minimum absolute atomic E-state index is 0. The van der Waals surface area contributed by atoms with Crippen molar-refractivity contribution in [1.29, 1.82) is 0 Å². The molecule has 0 aromatic carbocycles. The molecule has 1 atom stereocenters. The van der Waals surface area contributed by atoms with Crippen LogP contribution < -0.4 is 11.5 Å². The maximum atomic E-state index is 9.99. The van der Waals surface area contributed by atoms with E-state index in [4.69, 9.17) is 10.8 Å². The molecule has 0 aliphatic heterocycles. The third-order valence-electron chi connectivity index (χ3n) is 0.738. The van der Waals surface area contributed by atoms with Crippen LogP contribution in [0.5, 0.6) is 0 Å². The van der Waals surface area contributed by atoms with E-state index >= 15 is 0 Å². The van der Waals surface area contributed by atoms with Crippen molar-refractivity contribution in [2.45, 2.75) is 19.9 Å². The molecular weight excluding hydrogens is 136 g/mol. The van der Waals surface area contributed by atoms with Gasteiger partial charge in [0.15, 0.2) is 0 Å². The van der Waals surface area contributed by atoms with Crippen molar-refractivity contribution in [2.24, 2.45) is 11.5 Å². The smallest absolute Gasteiger partial charge is 0.321 e. The van der Waals surface area contributed by atoms with Gasteiger partial charge in [-0.25, -0.2) is 0 Å². The molecule has 0 aromatic rings. The highest BCUT2D eigenvalue weighted by Gasteiger charge is 2.13. The Morgan fingerprint density at radius 3 is 2.00 bits per heavy atom. The number of carboxylic acids is 1. The van der Waals surface area contributed by atoms with Crippen LogP contribution >= 0.6 is 0 Å². The maximum absolute atomic E-state index is 9.99. The molecule has 60 valence electrons. The number of rotatable bonds is 3. The Hall–Kier alpha value is -1.10. The number of hydrogen-bond acceptors (Lipinski definition) is 3. The van der Waals surface area contributed by atoms with Gasteiger partial charge < -0.3 is 16.6 Å². The van der Waals surface area contributed by atoms with Crippen LogP contribution in [0.4, 0.5) is 0 Å². The van der Waals surface area contributed by atoms with Crippen molar-refractivity contribution in [3.63, 3.8) is 0 Å². The Balaban J connectivity index is 0. The van der Waals surface area contributed by atoms with Crippen molar-refractivity contribution >= 4 is 11.9 Å². The van der Waals surface area contributed by atoms with E-state index in [9.17, 15) is 9.59 Å². The van der Waals surface area contributed by atoms with Crippen LogP contribution in [0.25, 0.3) is 0 Å². The minimum Gasteiger partial charge on any atom is -0.480 e. The van der Waals surface area contributed by atoms with Crippen LogP contribution in [0.15, 0.2) is 0 Å². The molecule has 5 N–H and O–H groups in total. The summed E-state index contributed by atoms with van der Waals surface area (Å²) in [6, 6.07) is -1.16. The molecule has 10 heavy (non-hydrogen) atoms. The lowest BCUT2D eigenvalue weighted by Crippen LogP contribution is -2.34. The van der Waals surface area contributed by atoms with Crippen molar-refractivity contribution in [2.75, 3.05) is 0 Å².